The number of hydroxylamine groups is 2. The lowest BCUT2D eigenvalue weighted by atomic mass is 9.92. The summed E-state index contributed by atoms with van der Waals surface area (Å²) in [6.45, 7) is 3.95. The van der Waals surface area contributed by atoms with Gasteiger partial charge in [-0.1, -0.05) is 41.7 Å². The summed E-state index contributed by atoms with van der Waals surface area (Å²) in [5.41, 5.74) is 5.56. The number of amides is 1. The van der Waals surface area contributed by atoms with Crippen LogP contribution in [0.25, 0.3) is 10.9 Å². The normalized spacial score (nSPS) is 19.6. The van der Waals surface area contributed by atoms with E-state index in [2.05, 4.69) is 22.1 Å². The molecule has 1 amide bonds. The molecular formula is C33H34FN3O4. The van der Waals surface area contributed by atoms with Crippen LogP contribution in [0.2, 0.25) is 0 Å². The SMILES string of the molecule is Cc1ccc(C#Cc2ccc(CN3O[C@H]([C@H](C)O)[C@H](CO)[C@@H]3C(=O)NCCc3c[nH]c4cc(F)ccc34)cc2)cc1. The number of aromatic nitrogens is 1. The largest absolute Gasteiger partial charge is 0.396 e. The molecule has 8 heteroatoms. The lowest BCUT2D eigenvalue weighted by Gasteiger charge is -2.24. The molecule has 212 valence electrons. The number of carbonyl (C=O) groups is 1. The number of hydrogen-bond acceptors (Lipinski definition) is 5. The molecule has 0 unspecified atom stereocenters. The van der Waals surface area contributed by atoms with Gasteiger partial charge in [-0.25, -0.2) is 4.39 Å². The van der Waals surface area contributed by atoms with Crippen LogP contribution in [0.4, 0.5) is 4.39 Å². The molecule has 0 radical (unpaired) electrons. The van der Waals surface area contributed by atoms with E-state index < -0.39 is 24.2 Å². The third kappa shape index (κ3) is 6.67. The van der Waals surface area contributed by atoms with Crippen molar-refractivity contribution in [2.75, 3.05) is 13.2 Å². The van der Waals surface area contributed by atoms with Crippen LogP contribution in [-0.2, 0) is 22.6 Å². The van der Waals surface area contributed by atoms with Crippen LogP contribution in [0.5, 0.6) is 0 Å². The number of halogens is 1. The second-order valence-electron chi connectivity index (χ2n) is 10.5. The highest BCUT2D eigenvalue weighted by Gasteiger charge is 2.48. The number of aryl methyl sites for hydroxylation is 1. The van der Waals surface area contributed by atoms with Crippen molar-refractivity contribution < 1.29 is 24.2 Å². The van der Waals surface area contributed by atoms with Crippen LogP contribution >= 0.6 is 0 Å². The molecule has 4 aromatic rings. The molecule has 0 spiro atoms. The molecule has 4 N–H and O–H groups in total. The Hall–Kier alpha value is -4.00. The molecule has 1 aromatic heterocycles. The zero-order valence-corrected chi connectivity index (χ0v) is 23.1. The Labute approximate surface area is 238 Å². The Bertz CT molecular complexity index is 1550. The van der Waals surface area contributed by atoms with Gasteiger partial charge in [0.2, 0.25) is 5.91 Å². The van der Waals surface area contributed by atoms with Gasteiger partial charge in [0.1, 0.15) is 18.0 Å². The average molecular weight is 556 g/mol. The van der Waals surface area contributed by atoms with Gasteiger partial charge in [0, 0.05) is 40.7 Å². The van der Waals surface area contributed by atoms with Crippen LogP contribution in [0, 0.1) is 30.5 Å². The van der Waals surface area contributed by atoms with Crippen molar-refractivity contribution in [3.05, 3.63) is 107 Å². The topological polar surface area (TPSA) is 97.8 Å². The second-order valence-corrected chi connectivity index (χ2v) is 10.5. The number of aliphatic hydroxyl groups excluding tert-OH is 2. The van der Waals surface area contributed by atoms with Gasteiger partial charge in [-0.3, -0.25) is 9.63 Å². The first kappa shape index (κ1) is 28.5. The Morgan fingerprint density at radius 3 is 2.44 bits per heavy atom. The number of aliphatic hydroxyl groups is 2. The minimum absolute atomic E-state index is 0.289. The lowest BCUT2D eigenvalue weighted by molar-refractivity contribution is -0.192. The van der Waals surface area contributed by atoms with Crippen molar-refractivity contribution >= 4 is 16.8 Å². The summed E-state index contributed by atoms with van der Waals surface area (Å²) in [6.07, 6.45) is 0.757. The highest BCUT2D eigenvalue weighted by molar-refractivity contribution is 5.84. The van der Waals surface area contributed by atoms with Gasteiger partial charge in [-0.05, 0) is 73.9 Å². The minimum Gasteiger partial charge on any atom is -0.396 e. The fraction of sp³-hybridized carbons (Fsp3) is 0.303. The number of nitrogens with one attached hydrogen (secondary N) is 2. The quantitative estimate of drug-likeness (QED) is 0.248. The highest BCUT2D eigenvalue weighted by Crippen LogP contribution is 2.31. The first-order chi connectivity index (χ1) is 19.8. The molecule has 2 heterocycles. The standard InChI is InChI=1S/C33H34FN3O4/c1-21-3-5-23(6-4-21)7-8-24-9-11-25(12-10-24)19-37-31(29(20-38)32(41-37)22(2)39)33(40)35-16-15-26-18-36-30-17-27(34)13-14-28(26)30/h3-6,9-14,17-18,22,29,31-32,36,38-39H,15-16,19-20H2,1-2H3,(H,35,40)/t22-,29+,31+,32+/m0/s1. The zero-order valence-electron chi connectivity index (χ0n) is 23.1. The van der Waals surface area contributed by atoms with E-state index in [0.29, 0.717) is 18.5 Å². The van der Waals surface area contributed by atoms with Gasteiger partial charge in [-0.15, -0.1) is 0 Å². The smallest absolute Gasteiger partial charge is 0.240 e. The van der Waals surface area contributed by atoms with Crippen molar-refractivity contribution in [1.82, 2.24) is 15.4 Å². The third-order valence-corrected chi connectivity index (χ3v) is 7.47. The molecule has 3 aromatic carbocycles. The second kappa shape index (κ2) is 12.7. The summed E-state index contributed by atoms with van der Waals surface area (Å²) in [7, 11) is 0. The minimum atomic E-state index is -0.876. The number of carbonyl (C=O) groups excluding carboxylic acids is 1. The van der Waals surface area contributed by atoms with Gasteiger partial charge >= 0.3 is 0 Å². The summed E-state index contributed by atoms with van der Waals surface area (Å²) in [5, 5.41) is 25.9. The monoisotopic (exact) mass is 555 g/mol. The van der Waals surface area contributed by atoms with Crippen LogP contribution < -0.4 is 5.32 Å². The highest BCUT2D eigenvalue weighted by atomic mass is 19.1. The Morgan fingerprint density at radius 1 is 1.10 bits per heavy atom. The molecule has 41 heavy (non-hydrogen) atoms. The number of nitrogens with zero attached hydrogens (tertiary/aromatic N) is 1. The number of benzene rings is 3. The van der Waals surface area contributed by atoms with E-state index in [-0.39, 0.29) is 24.9 Å². The van der Waals surface area contributed by atoms with Crippen LogP contribution in [0.3, 0.4) is 0 Å². The summed E-state index contributed by atoms with van der Waals surface area (Å²) in [5.74, 6) is 5.12. The predicted molar refractivity (Wildman–Crippen MR) is 155 cm³/mol. The number of fused-ring (bicyclic) bond motifs is 1. The number of rotatable bonds is 8. The fourth-order valence-corrected chi connectivity index (χ4v) is 5.25. The molecule has 4 atom stereocenters. The van der Waals surface area contributed by atoms with Crippen molar-refractivity contribution in [2.24, 2.45) is 5.92 Å². The Balaban J connectivity index is 1.26. The Morgan fingerprint density at radius 2 is 1.78 bits per heavy atom. The first-order valence-electron chi connectivity index (χ1n) is 13.8. The van der Waals surface area contributed by atoms with Crippen molar-refractivity contribution in [3.63, 3.8) is 0 Å². The van der Waals surface area contributed by atoms with E-state index in [9.17, 15) is 19.4 Å². The lowest BCUT2D eigenvalue weighted by Crippen LogP contribution is -2.48. The van der Waals surface area contributed by atoms with Gasteiger partial charge < -0.3 is 20.5 Å². The van der Waals surface area contributed by atoms with Crippen molar-refractivity contribution in [3.8, 4) is 11.8 Å². The van der Waals surface area contributed by atoms with Crippen LogP contribution in [-0.4, -0.2) is 57.6 Å². The van der Waals surface area contributed by atoms with Gasteiger partial charge in [0.05, 0.1) is 19.3 Å². The zero-order chi connectivity index (χ0) is 28.9. The molecule has 0 aliphatic carbocycles. The maximum atomic E-state index is 13.5. The summed E-state index contributed by atoms with van der Waals surface area (Å²) >= 11 is 0. The molecule has 0 saturated carbocycles. The fourth-order valence-electron chi connectivity index (χ4n) is 5.25. The maximum Gasteiger partial charge on any atom is 0.240 e. The van der Waals surface area contributed by atoms with Gasteiger partial charge in [-0.2, -0.15) is 5.06 Å². The average Bonchev–Trinajstić information content (AvgIpc) is 3.54. The molecule has 0 bridgehead atoms. The van der Waals surface area contributed by atoms with E-state index in [4.69, 9.17) is 4.84 Å². The molecule has 1 aliphatic rings. The summed E-state index contributed by atoms with van der Waals surface area (Å²) in [6, 6.07) is 19.5. The predicted octanol–water partition coefficient (Wildman–Crippen LogP) is 3.85. The molecular weight excluding hydrogens is 521 g/mol. The summed E-state index contributed by atoms with van der Waals surface area (Å²) < 4.78 is 13.5. The maximum absolute atomic E-state index is 13.5. The van der Waals surface area contributed by atoms with Crippen LogP contribution in [0.1, 0.15) is 34.7 Å². The molecule has 7 nitrogen and oxygen atoms in total. The number of hydrogen-bond donors (Lipinski definition) is 4. The number of aromatic amines is 1. The number of H-pyrrole nitrogens is 1. The van der Waals surface area contributed by atoms with Crippen LogP contribution in [0.15, 0.2) is 72.9 Å². The van der Waals surface area contributed by atoms with Crippen molar-refractivity contribution in [1.29, 1.82) is 0 Å². The first-order valence-corrected chi connectivity index (χ1v) is 13.8. The van der Waals surface area contributed by atoms with E-state index in [1.165, 1.54) is 17.7 Å². The molecule has 5 rings (SSSR count). The van der Waals surface area contributed by atoms with Gasteiger partial charge in [0.15, 0.2) is 0 Å². The van der Waals surface area contributed by atoms with E-state index >= 15 is 0 Å². The van der Waals surface area contributed by atoms with Gasteiger partial charge in [0.25, 0.3) is 0 Å². The molecule has 1 saturated heterocycles. The molecule has 1 aliphatic heterocycles. The molecule has 1 fully saturated rings. The van der Waals surface area contributed by atoms with E-state index in [0.717, 1.165) is 27.6 Å². The van der Waals surface area contributed by atoms with Crippen molar-refractivity contribution in [2.45, 2.75) is 45.1 Å². The Kier molecular flexibility index (Phi) is 8.81. The summed E-state index contributed by atoms with van der Waals surface area (Å²) in [4.78, 5) is 22.5. The third-order valence-electron chi connectivity index (χ3n) is 7.47. The van der Waals surface area contributed by atoms with E-state index in [1.807, 2.05) is 61.7 Å². The van der Waals surface area contributed by atoms with E-state index in [1.54, 1.807) is 18.1 Å².